The summed E-state index contributed by atoms with van der Waals surface area (Å²) < 4.78 is 4.32. The van der Waals surface area contributed by atoms with Crippen LogP contribution in [0.4, 0.5) is 0 Å². The smallest absolute Gasteiger partial charge is 0.167 e. The first-order valence-corrected chi connectivity index (χ1v) is 9.28. The zero-order chi connectivity index (χ0) is 18.8. The van der Waals surface area contributed by atoms with Gasteiger partial charge in [0.1, 0.15) is 0 Å². The van der Waals surface area contributed by atoms with Crippen molar-refractivity contribution in [3.8, 4) is 22.5 Å². The van der Waals surface area contributed by atoms with Crippen LogP contribution in [-0.4, -0.2) is 0 Å². The van der Waals surface area contributed by atoms with Crippen molar-refractivity contribution in [2.24, 2.45) is 0 Å². The summed E-state index contributed by atoms with van der Waals surface area (Å²) in [6, 6.07) is 23.7. The average Bonchev–Trinajstić information content (AvgIpc) is 2.69. The third kappa shape index (κ3) is 3.65. The van der Waals surface area contributed by atoms with Crippen molar-refractivity contribution in [1.29, 1.82) is 0 Å². The van der Waals surface area contributed by atoms with Crippen LogP contribution in [0.1, 0.15) is 16.7 Å². The molecule has 0 saturated heterocycles. The highest BCUT2D eigenvalue weighted by Crippen LogP contribution is 2.21. The average molecular weight is 352 g/mol. The number of benzene rings is 2. The number of aromatic nitrogens is 2. The van der Waals surface area contributed by atoms with E-state index in [2.05, 4.69) is 121 Å². The SMILES string of the molecule is Cc1ccc(-[n+]2ccc(-c3cc[n+](-c4ccc(C)cc4)cc3C)cc2)cc1. The molecule has 0 aliphatic rings. The number of aryl methyl sites for hydroxylation is 3. The van der Waals surface area contributed by atoms with E-state index in [0.717, 1.165) is 0 Å². The lowest BCUT2D eigenvalue weighted by Gasteiger charge is -2.05. The summed E-state index contributed by atoms with van der Waals surface area (Å²) in [6.45, 7) is 6.39. The summed E-state index contributed by atoms with van der Waals surface area (Å²) in [5.74, 6) is 0. The molecule has 0 amide bonds. The third-order valence-electron chi connectivity index (χ3n) is 4.96. The minimum Gasteiger partial charge on any atom is -0.167 e. The molecule has 27 heavy (non-hydrogen) atoms. The minimum absolute atomic E-state index is 1.18. The van der Waals surface area contributed by atoms with Crippen molar-refractivity contribution >= 4 is 0 Å². The van der Waals surface area contributed by atoms with Crippen LogP contribution in [0.2, 0.25) is 0 Å². The number of hydrogen-bond acceptors (Lipinski definition) is 0. The fourth-order valence-electron chi connectivity index (χ4n) is 3.30. The van der Waals surface area contributed by atoms with Crippen molar-refractivity contribution in [3.63, 3.8) is 0 Å². The molecule has 4 aromatic rings. The van der Waals surface area contributed by atoms with Gasteiger partial charge in [-0.15, -0.1) is 0 Å². The molecule has 2 aromatic carbocycles. The van der Waals surface area contributed by atoms with E-state index in [1.54, 1.807) is 0 Å². The second kappa shape index (κ2) is 7.16. The Morgan fingerprint density at radius 1 is 0.519 bits per heavy atom. The lowest BCUT2D eigenvalue weighted by molar-refractivity contribution is -0.596. The Labute approximate surface area is 161 Å². The van der Waals surface area contributed by atoms with Crippen LogP contribution in [-0.2, 0) is 0 Å². The van der Waals surface area contributed by atoms with E-state index in [4.69, 9.17) is 0 Å². The van der Waals surface area contributed by atoms with Gasteiger partial charge in [0, 0.05) is 48.0 Å². The van der Waals surface area contributed by atoms with Gasteiger partial charge in [0.15, 0.2) is 24.8 Å². The maximum absolute atomic E-state index is 2.20. The molecule has 2 heterocycles. The van der Waals surface area contributed by atoms with Gasteiger partial charge >= 0.3 is 0 Å². The number of pyridine rings is 2. The molecule has 0 spiro atoms. The summed E-state index contributed by atoms with van der Waals surface area (Å²) in [5, 5.41) is 0. The van der Waals surface area contributed by atoms with E-state index in [1.165, 1.54) is 39.2 Å². The molecule has 132 valence electrons. The molecular formula is C25H24N2+2. The van der Waals surface area contributed by atoms with Crippen LogP contribution in [0, 0.1) is 20.8 Å². The predicted molar refractivity (Wildman–Crippen MR) is 109 cm³/mol. The van der Waals surface area contributed by atoms with Gasteiger partial charge in [-0.05, 0) is 31.9 Å². The van der Waals surface area contributed by atoms with Crippen LogP contribution < -0.4 is 9.13 Å². The summed E-state index contributed by atoms with van der Waals surface area (Å²) in [6.07, 6.45) is 8.58. The molecule has 0 radical (unpaired) electrons. The Kier molecular flexibility index (Phi) is 4.55. The number of rotatable bonds is 3. The second-order valence-corrected chi connectivity index (χ2v) is 7.11. The van der Waals surface area contributed by atoms with Gasteiger partial charge in [-0.3, -0.25) is 0 Å². The van der Waals surface area contributed by atoms with Gasteiger partial charge in [-0.2, -0.15) is 9.13 Å². The Morgan fingerprint density at radius 3 is 1.52 bits per heavy atom. The van der Waals surface area contributed by atoms with E-state index < -0.39 is 0 Å². The summed E-state index contributed by atoms with van der Waals surface area (Å²) in [5.41, 5.74) is 8.65. The Morgan fingerprint density at radius 2 is 1.00 bits per heavy atom. The van der Waals surface area contributed by atoms with Crippen molar-refractivity contribution in [1.82, 2.24) is 0 Å². The fraction of sp³-hybridized carbons (Fsp3) is 0.120. The molecule has 2 nitrogen and oxygen atoms in total. The molecule has 0 aliphatic carbocycles. The highest BCUT2D eigenvalue weighted by Gasteiger charge is 2.12. The number of nitrogens with zero attached hydrogens (tertiary/aromatic N) is 2. The maximum atomic E-state index is 2.20. The normalized spacial score (nSPS) is 10.8. The first kappa shape index (κ1) is 17.2. The quantitative estimate of drug-likeness (QED) is 0.467. The molecule has 0 bridgehead atoms. The third-order valence-corrected chi connectivity index (χ3v) is 4.96. The van der Waals surface area contributed by atoms with Crippen LogP contribution in [0.25, 0.3) is 22.5 Å². The van der Waals surface area contributed by atoms with E-state index in [0.29, 0.717) is 0 Å². The standard InChI is InChI=1S/C25H24N2/c1-19-4-8-23(9-5-19)26-15-12-22(13-16-26)25-14-17-27(18-21(25)3)24-10-6-20(2)7-11-24/h4-18H,1-3H3/q+2. The van der Waals surface area contributed by atoms with Crippen molar-refractivity contribution in [3.05, 3.63) is 108 Å². The van der Waals surface area contributed by atoms with E-state index in [1.807, 2.05) is 0 Å². The molecule has 4 rings (SSSR count). The maximum Gasteiger partial charge on any atom is 0.210 e. The molecule has 2 aromatic heterocycles. The lowest BCUT2D eigenvalue weighted by Crippen LogP contribution is -2.30. The molecule has 0 fully saturated rings. The molecule has 0 unspecified atom stereocenters. The fourth-order valence-corrected chi connectivity index (χ4v) is 3.30. The van der Waals surface area contributed by atoms with E-state index >= 15 is 0 Å². The monoisotopic (exact) mass is 352 g/mol. The zero-order valence-corrected chi connectivity index (χ0v) is 16.1. The van der Waals surface area contributed by atoms with Gasteiger partial charge in [-0.25, -0.2) is 0 Å². The zero-order valence-electron chi connectivity index (χ0n) is 16.1. The van der Waals surface area contributed by atoms with E-state index in [9.17, 15) is 0 Å². The van der Waals surface area contributed by atoms with Crippen molar-refractivity contribution in [2.75, 3.05) is 0 Å². The van der Waals surface area contributed by atoms with Crippen molar-refractivity contribution in [2.45, 2.75) is 20.8 Å². The molecule has 0 atom stereocenters. The van der Waals surface area contributed by atoms with Gasteiger partial charge < -0.3 is 0 Å². The Balaban J connectivity index is 1.63. The van der Waals surface area contributed by atoms with Crippen molar-refractivity contribution < 1.29 is 9.13 Å². The highest BCUT2D eigenvalue weighted by molar-refractivity contribution is 5.65. The Hall–Kier alpha value is -3.26. The summed E-state index contributed by atoms with van der Waals surface area (Å²) in [4.78, 5) is 0. The van der Waals surface area contributed by atoms with Crippen LogP contribution in [0.15, 0.2) is 91.5 Å². The molecule has 2 heteroatoms. The lowest BCUT2D eigenvalue weighted by atomic mass is 10.0. The largest absolute Gasteiger partial charge is 0.210 e. The molecule has 0 saturated carbocycles. The van der Waals surface area contributed by atoms with Crippen LogP contribution >= 0.6 is 0 Å². The van der Waals surface area contributed by atoms with Crippen LogP contribution in [0.5, 0.6) is 0 Å². The molecular weight excluding hydrogens is 328 g/mol. The second-order valence-electron chi connectivity index (χ2n) is 7.11. The minimum atomic E-state index is 1.18. The number of hydrogen-bond donors (Lipinski definition) is 0. The van der Waals surface area contributed by atoms with Crippen LogP contribution in [0.3, 0.4) is 0 Å². The first-order chi connectivity index (χ1) is 13.1. The first-order valence-electron chi connectivity index (χ1n) is 9.28. The Bertz CT molecular complexity index is 1060. The van der Waals surface area contributed by atoms with E-state index in [-0.39, 0.29) is 0 Å². The van der Waals surface area contributed by atoms with Gasteiger partial charge in [-0.1, -0.05) is 35.4 Å². The highest BCUT2D eigenvalue weighted by atomic mass is 14.9. The molecule has 0 aliphatic heterocycles. The topological polar surface area (TPSA) is 7.76 Å². The van der Waals surface area contributed by atoms with Gasteiger partial charge in [0.2, 0.25) is 11.4 Å². The van der Waals surface area contributed by atoms with Gasteiger partial charge in [0.25, 0.3) is 0 Å². The van der Waals surface area contributed by atoms with Gasteiger partial charge in [0.05, 0.1) is 0 Å². The summed E-state index contributed by atoms with van der Waals surface area (Å²) >= 11 is 0. The summed E-state index contributed by atoms with van der Waals surface area (Å²) in [7, 11) is 0. The predicted octanol–water partition coefficient (Wildman–Crippen LogP) is 4.83. The molecule has 0 N–H and O–H groups in total.